The van der Waals surface area contributed by atoms with Crippen LogP contribution in [0.15, 0.2) is 9.95 Å². The number of thioether (sulfide) groups is 1. The van der Waals surface area contributed by atoms with Crippen LogP contribution in [-0.2, 0) is 9.59 Å². The summed E-state index contributed by atoms with van der Waals surface area (Å²) < 4.78 is 0.854. The van der Waals surface area contributed by atoms with Crippen LogP contribution >= 0.6 is 11.8 Å². The van der Waals surface area contributed by atoms with Crippen LogP contribution in [0.25, 0.3) is 0 Å². The van der Waals surface area contributed by atoms with Gasteiger partial charge in [0.1, 0.15) is 5.69 Å². The number of nitrogen functional groups attached to an aromatic ring is 1. The van der Waals surface area contributed by atoms with Crippen molar-refractivity contribution >= 4 is 23.6 Å². The Balaban J connectivity index is 2.58. The first-order valence-electron chi connectivity index (χ1n) is 6.90. The minimum Gasteiger partial charge on any atom is -0.350 e. The van der Waals surface area contributed by atoms with E-state index in [0.29, 0.717) is 0 Å². The molecule has 23 heavy (non-hydrogen) atoms. The second-order valence-electron chi connectivity index (χ2n) is 6.08. The summed E-state index contributed by atoms with van der Waals surface area (Å²) in [7, 11) is 1.53. The Labute approximate surface area is 138 Å². The molecule has 0 atom stereocenters. The van der Waals surface area contributed by atoms with E-state index >= 15 is 0 Å². The summed E-state index contributed by atoms with van der Waals surface area (Å²) in [5.41, 5.74) is -0.643. The number of likely N-dealkylation sites (N-methyl/N-ethyl adjacent to an activating group) is 1. The standard InChI is InChI=1S/C13H22N6O3S/c1-8-11(22)19(14)12(17-16-8)23-7-10(21)18(5)6-9(20)15-13(2,3)4/h6-7,14H2,1-5H3,(H,15,20). The first-order chi connectivity index (χ1) is 10.5. The molecule has 0 aromatic carbocycles. The predicted molar refractivity (Wildman–Crippen MR) is 87.4 cm³/mol. The fraction of sp³-hybridized carbons (Fsp3) is 0.615. The highest BCUT2D eigenvalue weighted by Crippen LogP contribution is 2.11. The fourth-order valence-corrected chi connectivity index (χ4v) is 2.36. The van der Waals surface area contributed by atoms with Crippen molar-refractivity contribution in [1.82, 2.24) is 25.1 Å². The molecule has 10 heteroatoms. The molecule has 3 N–H and O–H groups in total. The van der Waals surface area contributed by atoms with Crippen LogP contribution in [0, 0.1) is 6.92 Å². The molecule has 0 bridgehead atoms. The molecule has 1 heterocycles. The van der Waals surface area contributed by atoms with E-state index in [1.807, 2.05) is 20.8 Å². The van der Waals surface area contributed by atoms with E-state index in [9.17, 15) is 14.4 Å². The summed E-state index contributed by atoms with van der Waals surface area (Å²) in [5, 5.41) is 10.4. The molecule has 0 fully saturated rings. The van der Waals surface area contributed by atoms with Crippen molar-refractivity contribution in [2.45, 2.75) is 38.4 Å². The topological polar surface area (TPSA) is 123 Å². The number of aryl methyl sites for hydroxylation is 1. The van der Waals surface area contributed by atoms with Gasteiger partial charge in [0.2, 0.25) is 17.0 Å². The quantitative estimate of drug-likeness (QED) is 0.526. The Kier molecular flexibility index (Phi) is 6.13. The minimum absolute atomic E-state index is 0.00627. The Morgan fingerprint density at radius 3 is 2.52 bits per heavy atom. The molecule has 0 aliphatic heterocycles. The third-order valence-corrected chi connectivity index (χ3v) is 3.59. The van der Waals surface area contributed by atoms with Gasteiger partial charge < -0.3 is 16.1 Å². The molecule has 0 unspecified atom stereocenters. The van der Waals surface area contributed by atoms with E-state index in [-0.39, 0.29) is 40.5 Å². The van der Waals surface area contributed by atoms with Gasteiger partial charge in [-0.05, 0) is 27.7 Å². The van der Waals surface area contributed by atoms with E-state index in [2.05, 4.69) is 15.5 Å². The Morgan fingerprint density at radius 2 is 1.96 bits per heavy atom. The molecule has 9 nitrogen and oxygen atoms in total. The van der Waals surface area contributed by atoms with Crippen LogP contribution in [-0.4, -0.2) is 56.5 Å². The summed E-state index contributed by atoms with van der Waals surface area (Å²) in [6, 6.07) is 0. The number of rotatable bonds is 5. The van der Waals surface area contributed by atoms with Crippen LogP contribution in [0.3, 0.4) is 0 Å². The third-order valence-electron chi connectivity index (χ3n) is 2.67. The van der Waals surface area contributed by atoms with Gasteiger partial charge in [-0.25, -0.2) is 0 Å². The molecule has 0 saturated carbocycles. The molecule has 1 aromatic heterocycles. The number of nitrogens with two attached hydrogens (primary N) is 1. The largest absolute Gasteiger partial charge is 0.350 e. The molecule has 0 saturated heterocycles. The summed E-state index contributed by atoms with van der Waals surface area (Å²) in [6.45, 7) is 7.03. The molecule has 128 valence electrons. The van der Waals surface area contributed by atoms with Crippen molar-refractivity contribution in [3.8, 4) is 0 Å². The highest BCUT2D eigenvalue weighted by Gasteiger charge is 2.18. The van der Waals surface area contributed by atoms with Gasteiger partial charge in [-0.1, -0.05) is 11.8 Å². The second kappa shape index (κ2) is 7.44. The monoisotopic (exact) mass is 342 g/mol. The number of hydrogen-bond acceptors (Lipinski definition) is 7. The van der Waals surface area contributed by atoms with Crippen LogP contribution in [0.1, 0.15) is 26.5 Å². The van der Waals surface area contributed by atoms with Crippen LogP contribution < -0.4 is 16.7 Å². The molecule has 1 rings (SSSR count). The van der Waals surface area contributed by atoms with Gasteiger partial charge in [-0.3, -0.25) is 14.4 Å². The van der Waals surface area contributed by atoms with Crippen molar-refractivity contribution in [2.75, 3.05) is 25.2 Å². The summed E-state index contributed by atoms with van der Waals surface area (Å²) >= 11 is 0.988. The van der Waals surface area contributed by atoms with Crippen LogP contribution in [0.2, 0.25) is 0 Å². The lowest BCUT2D eigenvalue weighted by Crippen LogP contribution is -2.46. The van der Waals surface area contributed by atoms with E-state index in [4.69, 9.17) is 5.84 Å². The molecule has 0 aliphatic rings. The summed E-state index contributed by atoms with van der Waals surface area (Å²) in [4.78, 5) is 36.7. The normalized spacial score (nSPS) is 11.2. The SMILES string of the molecule is Cc1nnc(SCC(=O)N(C)CC(=O)NC(C)(C)C)n(N)c1=O. The van der Waals surface area contributed by atoms with Crippen molar-refractivity contribution in [1.29, 1.82) is 0 Å². The number of nitrogens with zero attached hydrogens (tertiary/aromatic N) is 4. The lowest BCUT2D eigenvalue weighted by atomic mass is 10.1. The number of carbonyl (C=O) groups is 2. The Hall–Kier alpha value is -2.10. The predicted octanol–water partition coefficient (Wildman–Crippen LogP) is -0.874. The fourth-order valence-electron chi connectivity index (χ4n) is 1.57. The van der Waals surface area contributed by atoms with Crippen molar-refractivity contribution < 1.29 is 9.59 Å². The molecule has 1 aromatic rings. The number of amides is 2. The van der Waals surface area contributed by atoms with Gasteiger partial charge >= 0.3 is 0 Å². The van der Waals surface area contributed by atoms with Crippen molar-refractivity contribution in [2.24, 2.45) is 0 Å². The maximum absolute atomic E-state index is 12.0. The lowest BCUT2D eigenvalue weighted by molar-refractivity contribution is -0.133. The van der Waals surface area contributed by atoms with E-state index in [1.165, 1.54) is 18.9 Å². The summed E-state index contributed by atoms with van der Waals surface area (Å²) in [5.74, 6) is 5.05. The van der Waals surface area contributed by atoms with Gasteiger partial charge in [0.15, 0.2) is 0 Å². The molecular formula is C13H22N6O3S. The summed E-state index contributed by atoms with van der Waals surface area (Å²) in [6.07, 6.45) is 0. The van der Waals surface area contributed by atoms with Crippen LogP contribution in [0.5, 0.6) is 0 Å². The van der Waals surface area contributed by atoms with E-state index in [0.717, 1.165) is 16.4 Å². The van der Waals surface area contributed by atoms with Gasteiger partial charge in [0.25, 0.3) is 5.56 Å². The molecular weight excluding hydrogens is 320 g/mol. The first kappa shape index (κ1) is 18.9. The number of carbonyl (C=O) groups excluding carboxylic acids is 2. The third kappa shape index (κ3) is 5.89. The van der Waals surface area contributed by atoms with Gasteiger partial charge in [0.05, 0.1) is 12.3 Å². The zero-order valence-electron chi connectivity index (χ0n) is 13.9. The maximum atomic E-state index is 12.0. The highest BCUT2D eigenvalue weighted by atomic mass is 32.2. The van der Waals surface area contributed by atoms with E-state index < -0.39 is 5.56 Å². The number of aromatic nitrogens is 3. The molecule has 0 aliphatic carbocycles. The van der Waals surface area contributed by atoms with Crippen molar-refractivity contribution in [3.63, 3.8) is 0 Å². The van der Waals surface area contributed by atoms with Gasteiger partial charge in [0, 0.05) is 12.6 Å². The molecule has 0 radical (unpaired) electrons. The maximum Gasteiger partial charge on any atom is 0.294 e. The first-order valence-corrected chi connectivity index (χ1v) is 7.89. The average molecular weight is 342 g/mol. The van der Waals surface area contributed by atoms with Gasteiger partial charge in [-0.2, -0.15) is 4.68 Å². The number of nitrogens with one attached hydrogen (secondary N) is 1. The zero-order valence-corrected chi connectivity index (χ0v) is 14.7. The van der Waals surface area contributed by atoms with E-state index in [1.54, 1.807) is 0 Å². The highest BCUT2D eigenvalue weighted by molar-refractivity contribution is 7.99. The number of hydrogen-bond donors (Lipinski definition) is 2. The second-order valence-corrected chi connectivity index (χ2v) is 7.02. The Morgan fingerprint density at radius 1 is 1.35 bits per heavy atom. The smallest absolute Gasteiger partial charge is 0.294 e. The lowest BCUT2D eigenvalue weighted by Gasteiger charge is -2.23. The molecule has 2 amide bonds. The van der Waals surface area contributed by atoms with Crippen LogP contribution in [0.4, 0.5) is 0 Å². The average Bonchev–Trinajstić information content (AvgIpc) is 2.41. The zero-order chi connectivity index (χ0) is 17.8. The Bertz CT molecular complexity index is 652. The van der Waals surface area contributed by atoms with Crippen molar-refractivity contribution in [3.05, 3.63) is 16.0 Å². The molecule has 0 spiro atoms. The minimum atomic E-state index is -0.465. The van der Waals surface area contributed by atoms with Gasteiger partial charge in [-0.15, -0.1) is 10.2 Å².